The van der Waals surface area contributed by atoms with Crippen LogP contribution in [-0.4, -0.2) is 200 Å². The molecule has 3 aromatic heterocycles. The third-order valence-corrected chi connectivity index (χ3v) is 17.7. The van der Waals surface area contributed by atoms with E-state index in [1.165, 1.54) is 4.90 Å². The molecule has 4 aliphatic rings. The third-order valence-electron chi connectivity index (χ3n) is 16.7. The highest BCUT2D eigenvalue weighted by Gasteiger charge is 2.45. The predicted molar refractivity (Wildman–Crippen MR) is 336 cm³/mol. The number of halogens is 2. The van der Waals surface area contributed by atoms with Crippen LogP contribution in [0.15, 0.2) is 54.3 Å². The molecule has 7 heterocycles. The standard InChI is InChI=1S/C64H88F2N12O12S/c1-42-57(91-41-70-42)44-10-8-43(9-11-44)36-69-61(82)54-34-48(79)39-77(54)62(83)58(64(2,3)4)72-56(81)16-24-87-26-28-89-30-32-90-31-29-88-27-25-86-23-15-55(80)68-17-20-75-38-46(37-71-75)49-33-45-7-6-18-76(53(45)35-50(49)59(65)66)60-51-40-74(63(84)67-5)19-12-52(51)78(73-60)47-13-21-85-22-14-47/h8-11,33,35,37-38,41,47-48,54,58-59,79H,6-7,12-32,34,36,39-40H2,1-5H3,(H,67,84)(H,68,80)(H,69,82)(H,72,81)/t48-,54+,58+/m1/s1. The van der Waals surface area contributed by atoms with Gasteiger partial charge in [-0.2, -0.15) is 10.2 Å². The predicted octanol–water partition coefficient (Wildman–Crippen LogP) is 6.04. The first-order chi connectivity index (χ1) is 44.0. The quantitative estimate of drug-likeness (QED) is 0.0317. The number of carbonyl (C=O) groups is 5. The van der Waals surface area contributed by atoms with Crippen LogP contribution in [0.2, 0.25) is 0 Å². The summed E-state index contributed by atoms with van der Waals surface area (Å²) < 4.78 is 67.4. The highest BCUT2D eigenvalue weighted by Crippen LogP contribution is 2.44. The van der Waals surface area contributed by atoms with Crippen LogP contribution in [0, 0.1) is 12.3 Å². The van der Waals surface area contributed by atoms with Crippen molar-refractivity contribution in [3.05, 3.63) is 87.9 Å². The molecule has 5 aromatic rings. The third kappa shape index (κ3) is 18.4. The van der Waals surface area contributed by atoms with Gasteiger partial charge in [0.05, 0.1) is 114 Å². The molecule has 0 spiro atoms. The number of hydrogen-bond donors (Lipinski definition) is 5. The number of β-amino-alcohol motifs (C(OH)–C–C–N with tert-alkyl or cyclic N) is 1. The van der Waals surface area contributed by atoms with Gasteiger partial charge in [-0.1, -0.05) is 45.0 Å². The number of urea groups is 1. The molecule has 4 aliphatic heterocycles. The number of hydrogen-bond acceptors (Lipinski definition) is 17. The van der Waals surface area contributed by atoms with Gasteiger partial charge in [0.25, 0.3) is 6.43 Å². The summed E-state index contributed by atoms with van der Waals surface area (Å²) in [6.45, 7) is 13.9. The van der Waals surface area contributed by atoms with Crippen LogP contribution >= 0.6 is 11.3 Å². The van der Waals surface area contributed by atoms with E-state index in [0.717, 1.165) is 57.8 Å². The van der Waals surface area contributed by atoms with Crippen molar-refractivity contribution in [2.45, 2.75) is 129 Å². The second-order valence-electron chi connectivity index (χ2n) is 24.2. The number of benzene rings is 2. The van der Waals surface area contributed by atoms with Crippen LogP contribution < -0.4 is 26.2 Å². The summed E-state index contributed by atoms with van der Waals surface area (Å²) in [6, 6.07) is 9.44. The molecule has 6 amide bonds. The maximum Gasteiger partial charge on any atom is 0.317 e. The zero-order valence-corrected chi connectivity index (χ0v) is 53.7. The first-order valence-electron chi connectivity index (χ1n) is 31.6. The maximum atomic E-state index is 15.0. The Balaban J connectivity index is 0.597. The summed E-state index contributed by atoms with van der Waals surface area (Å²) in [6.07, 6.45) is 3.71. The van der Waals surface area contributed by atoms with E-state index in [0.29, 0.717) is 115 Å². The van der Waals surface area contributed by atoms with E-state index in [9.17, 15) is 29.1 Å². The normalized spacial score (nSPS) is 17.3. The number of alkyl halides is 2. The lowest BCUT2D eigenvalue weighted by molar-refractivity contribution is -0.144. The molecule has 2 saturated heterocycles. The van der Waals surface area contributed by atoms with Crippen LogP contribution in [0.5, 0.6) is 0 Å². The minimum absolute atomic E-state index is 0.00337. The number of likely N-dealkylation sites (tertiary alicyclic amines) is 1. The first-order valence-corrected chi connectivity index (χ1v) is 32.5. The lowest BCUT2D eigenvalue weighted by Crippen LogP contribution is -2.57. The number of aryl methyl sites for hydroxylation is 2. The summed E-state index contributed by atoms with van der Waals surface area (Å²) in [5, 5.41) is 31.6. The van der Waals surface area contributed by atoms with Crippen molar-refractivity contribution in [2.75, 3.05) is 117 Å². The van der Waals surface area contributed by atoms with Gasteiger partial charge in [-0.05, 0) is 72.4 Å². The minimum atomic E-state index is -2.76. The van der Waals surface area contributed by atoms with E-state index in [4.69, 9.17) is 33.5 Å². The monoisotopic (exact) mass is 1290 g/mol. The van der Waals surface area contributed by atoms with Crippen molar-refractivity contribution in [2.24, 2.45) is 5.41 Å². The van der Waals surface area contributed by atoms with Crippen LogP contribution in [0.4, 0.5) is 25.1 Å². The summed E-state index contributed by atoms with van der Waals surface area (Å²) in [5.41, 5.74) is 8.52. The Kier molecular flexibility index (Phi) is 24.8. The van der Waals surface area contributed by atoms with Gasteiger partial charge >= 0.3 is 6.03 Å². The summed E-state index contributed by atoms with van der Waals surface area (Å²) in [7, 11) is 1.62. The number of ether oxygens (including phenoxy) is 6. The highest BCUT2D eigenvalue weighted by molar-refractivity contribution is 7.13. The molecular weight excluding hydrogens is 1200 g/mol. The van der Waals surface area contributed by atoms with E-state index >= 15 is 8.78 Å². The molecule has 91 heavy (non-hydrogen) atoms. The number of amides is 6. The number of nitrogens with one attached hydrogen (secondary N) is 4. The summed E-state index contributed by atoms with van der Waals surface area (Å²) in [5.74, 6) is -0.687. The second-order valence-corrected chi connectivity index (χ2v) is 25.1. The molecule has 0 radical (unpaired) electrons. The van der Waals surface area contributed by atoms with Crippen LogP contribution in [0.1, 0.15) is 105 Å². The fraction of sp³-hybridized carbons (Fsp3) is 0.594. The largest absolute Gasteiger partial charge is 0.391 e. The zero-order valence-electron chi connectivity index (χ0n) is 52.9. The Hall–Kier alpha value is -6.98. The Labute approximate surface area is 533 Å². The van der Waals surface area contributed by atoms with Crippen molar-refractivity contribution >= 4 is 52.5 Å². The fourth-order valence-corrected chi connectivity index (χ4v) is 12.7. The molecule has 2 fully saturated rings. The van der Waals surface area contributed by atoms with Crippen molar-refractivity contribution < 1.29 is 66.3 Å². The SMILES string of the molecule is CNC(=O)N1CCc2c(c(N3CCCc4cc(-c5cnn(CCNC(=O)CCOCCOCCOCCOCCOCCC(=O)N[C@@H](C(=O)N6C[C@H](O)C[C@H]6C(=O)NCc6ccc(-c7scnc7C)cc6)C(C)(C)C)c5)c(C(F)F)cc43)nn2C2CCOCC2)C1. The molecule has 496 valence electrons. The second kappa shape index (κ2) is 33.0. The van der Waals surface area contributed by atoms with Crippen LogP contribution in [-0.2, 0) is 80.1 Å². The van der Waals surface area contributed by atoms with Crippen LogP contribution in [0.3, 0.4) is 0 Å². The number of rotatable bonds is 31. The maximum absolute atomic E-state index is 15.0. The number of aromatic nitrogens is 5. The number of nitrogens with zero attached hydrogens (tertiary/aromatic N) is 8. The Morgan fingerprint density at radius 2 is 1.52 bits per heavy atom. The molecule has 0 bridgehead atoms. The van der Waals surface area contributed by atoms with Gasteiger partial charge < -0.3 is 69.5 Å². The van der Waals surface area contributed by atoms with Crippen molar-refractivity contribution in [1.82, 2.24) is 55.6 Å². The molecule has 0 aliphatic carbocycles. The van der Waals surface area contributed by atoms with Gasteiger partial charge in [0, 0.05) is 113 Å². The van der Waals surface area contributed by atoms with Gasteiger partial charge in [0.15, 0.2) is 5.82 Å². The smallest absolute Gasteiger partial charge is 0.317 e. The zero-order chi connectivity index (χ0) is 64.4. The molecule has 5 N–H and O–H groups in total. The van der Waals surface area contributed by atoms with E-state index in [2.05, 4.69) is 40.9 Å². The summed E-state index contributed by atoms with van der Waals surface area (Å²) in [4.78, 5) is 76.5. The molecule has 24 nitrogen and oxygen atoms in total. The Morgan fingerprint density at radius 1 is 0.846 bits per heavy atom. The Morgan fingerprint density at radius 3 is 2.15 bits per heavy atom. The molecular formula is C64H88F2N12O12S. The van der Waals surface area contributed by atoms with Gasteiger partial charge in [0.2, 0.25) is 23.6 Å². The molecule has 3 atom stereocenters. The first kappa shape index (κ1) is 68.4. The number of fused-ring (bicyclic) bond motifs is 2. The van der Waals surface area contributed by atoms with Crippen molar-refractivity contribution in [3.63, 3.8) is 0 Å². The van der Waals surface area contributed by atoms with Crippen molar-refractivity contribution in [3.8, 4) is 21.6 Å². The van der Waals surface area contributed by atoms with Gasteiger partial charge in [-0.25, -0.2) is 18.6 Å². The number of thiazole rings is 1. The lowest BCUT2D eigenvalue weighted by Gasteiger charge is -2.35. The van der Waals surface area contributed by atoms with Gasteiger partial charge in [-0.15, -0.1) is 11.3 Å². The summed E-state index contributed by atoms with van der Waals surface area (Å²) >= 11 is 1.57. The average Bonchev–Trinajstić information content (AvgIpc) is 1.70. The average molecular weight is 1290 g/mol. The Bertz CT molecular complexity index is 3220. The minimum Gasteiger partial charge on any atom is -0.391 e. The molecule has 2 aromatic carbocycles. The molecule has 0 unspecified atom stereocenters. The fourth-order valence-electron chi connectivity index (χ4n) is 11.9. The van der Waals surface area contributed by atoms with E-state index in [1.54, 1.807) is 51.9 Å². The number of aliphatic hydroxyl groups is 1. The lowest BCUT2D eigenvalue weighted by atomic mass is 9.85. The van der Waals surface area contributed by atoms with E-state index < -0.39 is 35.9 Å². The molecule has 9 rings (SSSR count). The number of anilines is 2. The van der Waals surface area contributed by atoms with E-state index in [-0.39, 0.29) is 101 Å². The number of aliphatic hydroxyl groups excluding tert-OH is 1. The van der Waals surface area contributed by atoms with Gasteiger partial charge in [0.1, 0.15) is 12.1 Å². The van der Waals surface area contributed by atoms with E-state index in [1.807, 2.05) is 58.0 Å². The van der Waals surface area contributed by atoms with Crippen LogP contribution in [0.25, 0.3) is 21.6 Å². The number of carbonyl (C=O) groups excluding carboxylic acids is 5. The molecule has 0 saturated carbocycles. The molecule has 27 heteroatoms. The van der Waals surface area contributed by atoms with Gasteiger partial charge in [-0.3, -0.25) is 28.5 Å². The van der Waals surface area contributed by atoms with Crippen molar-refractivity contribution in [1.29, 1.82) is 0 Å². The topological polar surface area (TPSA) is 267 Å². The highest BCUT2D eigenvalue weighted by atomic mass is 32.1.